The predicted octanol–water partition coefficient (Wildman–Crippen LogP) is 1.09. The summed E-state index contributed by atoms with van der Waals surface area (Å²) >= 11 is 0. The Morgan fingerprint density at radius 3 is 2.57 bits per heavy atom. The molecule has 2 atom stereocenters. The lowest BCUT2D eigenvalue weighted by atomic mass is 10.0. The summed E-state index contributed by atoms with van der Waals surface area (Å²) in [6.45, 7) is 11.3. The number of piperidine rings is 1. The number of morpholine rings is 1. The molecule has 0 aromatic heterocycles. The molecule has 1 N–H and O–H groups in total. The summed E-state index contributed by atoms with van der Waals surface area (Å²) in [6.07, 6.45) is 3.80. The summed E-state index contributed by atoms with van der Waals surface area (Å²) in [5.41, 5.74) is 0. The van der Waals surface area contributed by atoms with E-state index in [9.17, 15) is 4.79 Å². The maximum atomic E-state index is 12.7. The maximum absolute atomic E-state index is 12.7. The third kappa shape index (κ3) is 4.66. The van der Waals surface area contributed by atoms with Crippen LogP contribution in [0, 0.1) is 0 Å². The van der Waals surface area contributed by atoms with Gasteiger partial charge in [-0.3, -0.25) is 9.69 Å². The van der Waals surface area contributed by atoms with Gasteiger partial charge < -0.3 is 15.0 Å². The number of rotatable bonds is 5. The van der Waals surface area contributed by atoms with Gasteiger partial charge in [-0.2, -0.15) is 0 Å². The van der Waals surface area contributed by atoms with Gasteiger partial charge in [-0.25, -0.2) is 0 Å². The van der Waals surface area contributed by atoms with Gasteiger partial charge in [0.1, 0.15) is 0 Å². The van der Waals surface area contributed by atoms with Gasteiger partial charge in [-0.05, 0) is 40.2 Å². The molecular weight excluding hydrogens is 266 g/mol. The van der Waals surface area contributed by atoms with Crippen LogP contribution in [0.5, 0.6) is 0 Å². The molecule has 2 rings (SSSR count). The fourth-order valence-electron chi connectivity index (χ4n) is 3.34. The third-order valence-corrected chi connectivity index (χ3v) is 4.68. The van der Waals surface area contributed by atoms with E-state index in [1.807, 2.05) is 4.90 Å². The molecule has 122 valence electrons. The summed E-state index contributed by atoms with van der Waals surface area (Å²) in [4.78, 5) is 17.0. The van der Waals surface area contributed by atoms with Crippen molar-refractivity contribution in [2.75, 3.05) is 39.4 Å². The van der Waals surface area contributed by atoms with Gasteiger partial charge in [-0.1, -0.05) is 6.42 Å². The van der Waals surface area contributed by atoms with Crippen LogP contribution in [0.1, 0.15) is 40.0 Å². The van der Waals surface area contributed by atoms with E-state index in [2.05, 4.69) is 31.0 Å². The van der Waals surface area contributed by atoms with Crippen LogP contribution in [-0.2, 0) is 9.53 Å². The Bertz CT molecular complexity index is 323. The Labute approximate surface area is 129 Å². The van der Waals surface area contributed by atoms with E-state index >= 15 is 0 Å². The normalized spacial score (nSPS) is 25.4. The van der Waals surface area contributed by atoms with Gasteiger partial charge in [0, 0.05) is 31.7 Å². The van der Waals surface area contributed by atoms with Crippen LogP contribution in [0.3, 0.4) is 0 Å². The second-order valence-electron chi connectivity index (χ2n) is 6.55. The highest BCUT2D eigenvalue weighted by Gasteiger charge is 2.30. The van der Waals surface area contributed by atoms with E-state index < -0.39 is 0 Å². The van der Waals surface area contributed by atoms with Crippen molar-refractivity contribution in [3.63, 3.8) is 0 Å². The number of hydrogen-bond donors (Lipinski definition) is 1. The fourth-order valence-corrected chi connectivity index (χ4v) is 3.34. The van der Waals surface area contributed by atoms with E-state index in [-0.39, 0.29) is 11.9 Å². The van der Waals surface area contributed by atoms with Crippen molar-refractivity contribution in [2.45, 2.75) is 58.2 Å². The molecule has 2 unspecified atom stereocenters. The van der Waals surface area contributed by atoms with Crippen molar-refractivity contribution in [3.8, 4) is 0 Å². The number of amides is 1. The predicted molar refractivity (Wildman–Crippen MR) is 84.3 cm³/mol. The molecule has 2 heterocycles. The summed E-state index contributed by atoms with van der Waals surface area (Å²) in [7, 11) is 0. The Kier molecular flexibility index (Phi) is 6.45. The quantitative estimate of drug-likeness (QED) is 0.825. The van der Waals surface area contributed by atoms with Gasteiger partial charge in [0.15, 0.2) is 0 Å². The van der Waals surface area contributed by atoms with Crippen LogP contribution < -0.4 is 5.32 Å². The van der Waals surface area contributed by atoms with Gasteiger partial charge >= 0.3 is 0 Å². The molecule has 1 amide bonds. The van der Waals surface area contributed by atoms with E-state index in [1.54, 1.807) is 0 Å². The minimum absolute atomic E-state index is 0.0492. The van der Waals surface area contributed by atoms with Gasteiger partial charge in [-0.15, -0.1) is 0 Å². The lowest BCUT2D eigenvalue weighted by Gasteiger charge is -2.39. The van der Waals surface area contributed by atoms with Crippen LogP contribution in [0.25, 0.3) is 0 Å². The lowest BCUT2D eigenvalue weighted by molar-refractivity contribution is -0.141. The molecule has 0 aromatic carbocycles. The molecule has 0 aliphatic carbocycles. The van der Waals surface area contributed by atoms with Gasteiger partial charge in [0.05, 0.1) is 19.3 Å². The van der Waals surface area contributed by atoms with E-state index in [1.165, 1.54) is 19.3 Å². The van der Waals surface area contributed by atoms with Crippen molar-refractivity contribution < 1.29 is 9.53 Å². The molecular formula is C16H31N3O2. The molecule has 0 aromatic rings. The number of hydrogen-bond acceptors (Lipinski definition) is 4. The fraction of sp³-hybridized carbons (Fsp3) is 0.938. The Hall–Kier alpha value is -0.650. The highest BCUT2D eigenvalue weighted by molar-refractivity contribution is 5.81. The van der Waals surface area contributed by atoms with Crippen LogP contribution in [0.4, 0.5) is 0 Å². The van der Waals surface area contributed by atoms with Crippen molar-refractivity contribution in [1.29, 1.82) is 0 Å². The molecule has 0 saturated carbocycles. The molecule has 21 heavy (non-hydrogen) atoms. The molecule has 2 fully saturated rings. The monoisotopic (exact) mass is 297 g/mol. The first-order chi connectivity index (χ1) is 10.1. The van der Waals surface area contributed by atoms with Crippen LogP contribution in [0.15, 0.2) is 0 Å². The SMILES string of the molecule is CC(C)N(CC1CCCCN1)C(C)C(=O)N1CCOCC1. The Morgan fingerprint density at radius 2 is 2.00 bits per heavy atom. The maximum Gasteiger partial charge on any atom is 0.239 e. The minimum Gasteiger partial charge on any atom is -0.378 e. The highest BCUT2D eigenvalue weighted by Crippen LogP contribution is 2.15. The largest absolute Gasteiger partial charge is 0.378 e. The molecule has 0 bridgehead atoms. The molecule has 0 radical (unpaired) electrons. The average Bonchev–Trinajstić information content (AvgIpc) is 2.53. The molecule has 5 heteroatoms. The molecule has 0 spiro atoms. The first-order valence-electron chi connectivity index (χ1n) is 8.45. The van der Waals surface area contributed by atoms with Crippen molar-refractivity contribution >= 4 is 5.91 Å². The topological polar surface area (TPSA) is 44.8 Å². The Balaban J connectivity index is 1.93. The van der Waals surface area contributed by atoms with Crippen LogP contribution in [-0.4, -0.2) is 73.2 Å². The zero-order valence-corrected chi connectivity index (χ0v) is 13.8. The third-order valence-electron chi connectivity index (χ3n) is 4.68. The standard InChI is InChI=1S/C16H31N3O2/c1-13(2)19(12-15-6-4-5-7-17-15)14(3)16(20)18-8-10-21-11-9-18/h13-15,17H,4-12H2,1-3H3. The second kappa shape index (κ2) is 8.11. The first kappa shape index (κ1) is 16.7. The number of ether oxygens (including phenoxy) is 1. The van der Waals surface area contributed by atoms with Gasteiger partial charge in [0.25, 0.3) is 0 Å². The zero-order valence-electron chi connectivity index (χ0n) is 13.8. The number of carbonyl (C=O) groups is 1. The minimum atomic E-state index is -0.0492. The summed E-state index contributed by atoms with van der Waals surface area (Å²) in [6, 6.07) is 0.863. The Morgan fingerprint density at radius 1 is 1.29 bits per heavy atom. The first-order valence-corrected chi connectivity index (χ1v) is 8.45. The highest BCUT2D eigenvalue weighted by atomic mass is 16.5. The summed E-state index contributed by atoms with van der Waals surface area (Å²) in [5, 5.41) is 3.59. The van der Waals surface area contributed by atoms with E-state index in [4.69, 9.17) is 4.74 Å². The molecule has 2 aliphatic heterocycles. The number of nitrogens with one attached hydrogen (secondary N) is 1. The number of carbonyl (C=O) groups excluding carboxylic acids is 1. The van der Waals surface area contributed by atoms with Gasteiger partial charge in [0.2, 0.25) is 5.91 Å². The summed E-state index contributed by atoms with van der Waals surface area (Å²) in [5.74, 6) is 0.253. The molecule has 5 nitrogen and oxygen atoms in total. The van der Waals surface area contributed by atoms with E-state index in [0.29, 0.717) is 25.3 Å². The zero-order chi connectivity index (χ0) is 15.2. The lowest BCUT2D eigenvalue weighted by Crippen LogP contribution is -2.55. The smallest absolute Gasteiger partial charge is 0.239 e. The second-order valence-corrected chi connectivity index (χ2v) is 6.55. The van der Waals surface area contributed by atoms with Crippen molar-refractivity contribution in [3.05, 3.63) is 0 Å². The molecule has 2 saturated heterocycles. The van der Waals surface area contributed by atoms with Crippen LogP contribution >= 0.6 is 0 Å². The van der Waals surface area contributed by atoms with Crippen molar-refractivity contribution in [1.82, 2.24) is 15.1 Å². The summed E-state index contributed by atoms with van der Waals surface area (Å²) < 4.78 is 5.34. The molecule has 2 aliphatic rings. The number of nitrogens with zero attached hydrogens (tertiary/aromatic N) is 2. The van der Waals surface area contributed by atoms with E-state index in [0.717, 1.165) is 26.2 Å². The van der Waals surface area contributed by atoms with Crippen LogP contribution in [0.2, 0.25) is 0 Å². The average molecular weight is 297 g/mol. The van der Waals surface area contributed by atoms with Crippen molar-refractivity contribution in [2.24, 2.45) is 0 Å².